The van der Waals surface area contributed by atoms with Gasteiger partial charge < -0.3 is 14.5 Å². The Morgan fingerprint density at radius 2 is 1.91 bits per heavy atom. The number of benzene rings is 1. The van der Waals surface area contributed by atoms with Crippen LogP contribution >= 0.6 is 0 Å². The van der Waals surface area contributed by atoms with Gasteiger partial charge in [0.15, 0.2) is 0 Å². The van der Waals surface area contributed by atoms with Gasteiger partial charge in [0.05, 0.1) is 11.6 Å². The predicted molar refractivity (Wildman–Crippen MR) is 82.2 cm³/mol. The van der Waals surface area contributed by atoms with E-state index in [0.29, 0.717) is 23.6 Å². The van der Waals surface area contributed by atoms with Crippen molar-refractivity contribution in [3.63, 3.8) is 0 Å². The summed E-state index contributed by atoms with van der Waals surface area (Å²) in [6, 6.07) is 9.47. The second-order valence-corrected chi connectivity index (χ2v) is 5.87. The lowest BCUT2D eigenvalue weighted by molar-refractivity contribution is -0.141. The molecular weight excluding hydrogens is 296 g/mol. The van der Waals surface area contributed by atoms with E-state index in [0.717, 1.165) is 5.56 Å². The van der Waals surface area contributed by atoms with E-state index in [1.165, 1.54) is 0 Å². The molecule has 0 aliphatic carbocycles. The first kappa shape index (κ1) is 15.3. The third-order valence-electron chi connectivity index (χ3n) is 4.40. The van der Waals surface area contributed by atoms with Gasteiger partial charge in [-0.1, -0.05) is 35.5 Å². The van der Waals surface area contributed by atoms with Gasteiger partial charge in [0, 0.05) is 19.0 Å². The van der Waals surface area contributed by atoms with Crippen molar-refractivity contribution in [2.45, 2.75) is 19.8 Å². The number of aromatic nitrogens is 1. The van der Waals surface area contributed by atoms with Crippen LogP contribution in [-0.2, 0) is 4.79 Å². The summed E-state index contributed by atoms with van der Waals surface area (Å²) < 4.78 is 5.05. The van der Waals surface area contributed by atoms with Crippen LogP contribution in [0.3, 0.4) is 0 Å². The Labute approximate surface area is 133 Å². The van der Waals surface area contributed by atoms with Crippen LogP contribution in [-0.4, -0.2) is 40.1 Å². The Balaban J connectivity index is 1.89. The predicted octanol–water partition coefficient (Wildman–Crippen LogP) is 2.23. The highest BCUT2D eigenvalue weighted by Gasteiger charge is 2.41. The highest BCUT2D eigenvalue weighted by atomic mass is 16.5. The molecule has 1 aliphatic rings. The summed E-state index contributed by atoms with van der Waals surface area (Å²) >= 11 is 0. The summed E-state index contributed by atoms with van der Waals surface area (Å²) in [5, 5.41) is 13.3. The normalized spacial score (nSPS) is 20.7. The molecule has 6 heteroatoms. The lowest BCUT2D eigenvalue weighted by Gasteiger charge is -2.16. The fraction of sp³-hybridized carbons (Fsp3) is 0.353. The SMILES string of the molecule is Cc1noc(C)c1C(=O)N1C[C@H](C(=O)O)[C@H](c2ccccc2)C1. The zero-order chi connectivity index (χ0) is 16.6. The quantitative estimate of drug-likeness (QED) is 0.939. The van der Waals surface area contributed by atoms with Crippen LogP contribution in [0.25, 0.3) is 0 Å². The Morgan fingerprint density at radius 1 is 1.22 bits per heavy atom. The lowest BCUT2D eigenvalue weighted by Crippen LogP contribution is -2.30. The van der Waals surface area contributed by atoms with Gasteiger partial charge >= 0.3 is 5.97 Å². The third-order valence-corrected chi connectivity index (χ3v) is 4.40. The first-order valence-electron chi connectivity index (χ1n) is 7.49. The number of carboxylic acid groups (broad SMARTS) is 1. The van der Waals surface area contributed by atoms with Crippen molar-refractivity contribution in [2.75, 3.05) is 13.1 Å². The molecule has 1 saturated heterocycles. The number of likely N-dealkylation sites (tertiary alicyclic amines) is 1. The van der Waals surface area contributed by atoms with E-state index >= 15 is 0 Å². The van der Waals surface area contributed by atoms with Crippen LogP contribution in [0.5, 0.6) is 0 Å². The molecule has 0 unspecified atom stereocenters. The topological polar surface area (TPSA) is 83.6 Å². The van der Waals surface area contributed by atoms with E-state index < -0.39 is 11.9 Å². The van der Waals surface area contributed by atoms with Crippen LogP contribution in [0.1, 0.15) is 33.3 Å². The number of aliphatic carboxylic acids is 1. The average Bonchev–Trinajstić information content (AvgIpc) is 3.12. The first-order chi connectivity index (χ1) is 11.0. The number of amides is 1. The minimum atomic E-state index is -0.882. The van der Waals surface area contributed by atoms with Gasteiger partial charge in [-0.3, -0.25) is 9.59 Å². The summed E-state index contributed by atoms with van der Waals surface area (Å²) in [6.45, 7) is 3.97. The van der Waals surface area contributed by atoms with Gasteiger partial charge in [0.2, 0.25) is 0 Å². The van der Waals surface area contributed by atoms with Gasteiger partial charge in [-0.2, -0.15) is 0 Å². The molecule has 0 bridgehead atoms. The van der Waals surface area contributed by atoms with Crippen LogP contribution in [0.4, 0.5) is 0 Å². The molecule has 120 valence electrons. The molecule has 6 nitrogen and oxygen atoms in total. The number of aryl methyl sites for hydroxylation is 2. The van der Waals surface area contributed by atoms with Gasteiger partial charge in [0.1, 0.15) is 11.3 Å². The Morgan fingerprint density at radius 3 is 2.48 bits per heavy atom. The molecule has 1 aromatic carbocycles. The molecule has 3 rings (SSSR count). The number of rotatable bonds is 3. The van der Waals surface area contributed by atoms with E-state index in [4.69, 9.17) is 4.52 Å². The van der Waals surface area contributed by atoms with Crippen LogP contribution in [0, 0.1) is 19.8 Å². The Hall–Kier alpha value is -2.63. The fourth-order valence-electron chi connectivity index (χ4n) is 3.20. The Bertz CT molecular complexity index is 719. The monoisotopic (exact) mass is 314 g/mol. The van der Waals surface area contributed by atoms with E-state index in [-0.39, 0.29) is 18.4 Å². The highest BCUT2D eigenvalue weighted by Crippen LogP contribution is 2.34. The summed E-state index contributed by atoms with van der Waals surface area (Å²) in [4.78, 5) is 25.9. The molecular formula is C17H18N2O4. The number of carbonyl (C=O) groups is 2. The van der Waals surface area contributed by atoms with E-state index in [2.05, 4.69) is 5.16 Å². The first-order valence-corrected chi connectivity index (χ1v) is 7.49. The maximum Gasteiger partial charge on any atom is 0.308 e. The molecule has 1 amide bonds. The number of carboxylic acids is 1. The zero-order valence-electron chi connectivity index (χ0n) is 13.0. The van der Waals surface area contributed by atoms with E-state index in [1.807, 2.05) is 30.3 Å². The van der Waals surface area contributed by atoms with E-state index in [1.54, 1.807) is 18.7 Å². The van der Waals surface area contributed by atoms with E-state index in [9.17, 15) is 14.7 Å². The van der Waals surface area contributed by atoms with Gasteiger partial charge in [0.25, 0.3) is 5.91 Å². The summed E-state index contributed by atoms with van der Waals surface area (Å²) in [5.74, 6) is -1.46. The molecule has 0 saturated carbocycles. The third kappa shape index (κ3) is 2.72. The van der Waals surface area contributed by atoms with Crippen molar-refractivity contribution in [3.05, 3.63) is 52.9 Å². The molecule has 2 aromatic rings. The second-order valence-electron chi connectivity index (χ2n) is 5.87. The van der Waals surface area contributed by atoms with Crippen LogP contribution in [0.15, 0.2) is 34.9 Å². The molecule has 0 radical (unpaired) electrons. The largest absolute Gasteiger partial charge is 0.481 e. The number of nitrogens with zero attached hydrogens (tertiary/aromatic N) is 2. The van der Waals surface area contributed by atoms with Crippen LogP contribution < -0.4 is 0 Å². The number of carbonyl (C=O) groups excluding carboxylic acids is 1. The number of hydrogen-bond acceptors (Lipinski definition) is 4. The maximum atomic E-state index is 12.7. The van der Waals surface area contributed by atoms with Crippen molar-refractivity contribution >= 4 is 11.9 Å². The summed E-state index contributed by atoms with van der Waals surface area (Å²) in [7, 11) is 0. The van der Waals surface area contributed by atoms with Crippen molar-refractivity contribution in [1.29, 1.82) is 0 Å². The molecule has 1 fully saturated rings. The Kier molecular flexibility index (Phi) is 3.90. The molecule has 0 spiro atoms. The van der Waals surface area contributed by atoms with Crippen molar-refractivity contribution < 1.29 is 19.2 Å². The smallest absolute Gasteiger partial charge is 0.308 e. The maximum absolute atomic E-state index is 12.7. The van der Waals surface area contributed by atoms with Gasteiger partial charge in [-0.25, -0.2) is 0 Å². The van der Waals surface area contributed by atoms with Crippen molar-refractivity contribution in [2.24, 2.45) is 5.92 Å². The van der Waals surface area contributed by atoms with Crippen molar-refractivity contribution in [3.8, 4) is 0 Å². The molecule has 1 N–H and O–H groups in total. The second kappa shape index (κ2) is 5.87. The minimum absolute atomic E-state index is 0.192. The summed E-state index contributed by atoms with van der Waals surface area (Å²) in [5.41, 5.74) is 1.90. The molecule has 1 aromatic heterocycles. The molecule has 2 atom stereocenters. The van der Waals surface area contributed by atoms with Crippen molar-refractivity contribution in [1.82, 2.24) is 10.1 Å². The average molecular weight is 314 g/mol. The van der Waals surface area contributed by atoms with Gasteiger partial charge in [-0.15, -0.1) is 0 Å². The zero-order valence-corrected chi connectivity index (χ0v) is 13.0. The number of hydrogen-bond donors (Lipinski definition) is 1. The van der Waals surface area contributed by atoms with Crippen LogP contribution in [0.2, 0.25) is 0 Å². The standard InChI is InChI=1S/C17H18N2O4/c1-10-15(11(2)23-18-10)16(20)19-8-13(14(9-19)17(21)22)12-6-4-3-5-7-12/h3-7,13-14H,8-9H2,1-2H3,(H,21,22)/t13-,14-/m0/s1. The summed E-state index contributed by atoms with van der Waals surface area (Å²) in [6.07, 6.45) is 0. The molecule has 23 heavy (non-hydrogen) atoms. The molecule has 2 heterocycles. The van der Waals surface area contributed by atoms with Gasteiger partial charge in [-0.05, 0) is 19.4 Å². The highest BCUT2D eigenvalue weighted by molar-refractivity contribution is 5.96. The lowest BCUT2D eigenvalue weighted by atomic mass is 9.89. The molecule has 1 aliphatic heterocycles. The minimum Gasteiger partial charge on any atom is -0.481 e. The fourth-order valence-corrected chi connectivity index (χ4v) is 3.20.